The van der Waals surface area contributed by atoms with Crippen molar-refractivity contribution < 1.29 is 37.3 Å². The lowest BCUT2D eigenvalue weighted by Gasteiger charge is -2.16. The summed E-state index contributed by atoms with van der Waals surface area (Å²) in [4.78, 5) is 22.0. The summed E-state index contributed by atoms with van der Waals surface area (Å²) in [7, 11) is 0. The van der Waals surface area contributed by atoms with Crippen LogP contribution in [0.3, 0.4) is 0 Å². The van der Waals surface area contributed by atoms with E-state index in [-0.39, 0.29) is 12.8 Å². The van der Waals surface area contributed by atoms with Gasteiger partial charge in [-0.25, -0.2) is 4.79 Å². The lowest BCUT2D eigenvalue weighted by Crippen LogP contribution is -2.47. The van der Waals surface area contributed by atoms with E-state index in [4.69, 9.17) is 14.6 Å². The van der Waals surface area contributed by atoms with Crippen molar-refractivity contribution in [1.29, 1.82) is 0 Å². The van der Waals surface area contributed by atoms with E-state index in [0.29, 0.717) is 30.3 Å². The molecule has 140 valence electrons. The molecule has 1 amide bonds. The number of rotatable bonds is 9. The third kappa shape index (κ3) is 6.52. The minimum Gasteiger partial charge on any atom is -0.490 e. The van der Waals surface area contributed by atoms with Crippen LogP contribution in [-0.4, -0.2) is 42.4 Å². The molecular weight excluding hydrogens is 343 g/mol. The molecule has 0 heterocycles. The first kappa shape index (κ1) is 20.6. The first-order chi connectivity index (χ1) is 11.7. The number of alkyl halides is 3. The lowest BCUT2D eigenvalue weighted by atomic mass is 10.0. The topological polar surface area (TPSA) is 84.9 Å². The molecule has 0 bridgehead atoms. The van der Waals surface area contributed by atoms with Crippen LogP contribution in [-0.2, 0) is 16.0 Å². The molecule has 1 rings (SSSR count). The maximum Gasteiger partial charge on any atom is 0.471 e. The summed E-state index contributed by atoms with van der Waals surface area (Å²) < 4.78 is 47.6. The van der Waals surface area contributed by atoms with Gasteiger partial charge < -0.3 is 19.9 Å². The van der Waals surface area contributed by atoms with Crippen molar-refractivity contribution in [3.8, 4) is 11.5 Å². The SMILES string of the molecule is CCOc1ccc(CCC(NC(=O)C(F)(F)F)C(=O)O)cc1OCC. The van der Waals surface area contributed by atoms with E-state index in [2.05, 4.69) is 0 Å². The number of amides is 1. The van der Waals surface area contributed by atoms with E-state index in [0.717, 1.165) is 0 Å². The summed E-state index contributed by atoms with van der Waals surface area (Å²) in [6.07, 6.45) is -5.19. The zero-order valence-corrected chi connectivity index (χ0v) is 13.9. The van der Waals surface area contributed by atoms with Gasteiger partial charge in [-0.15, -0.1) is 0 Å². The standard InChI is InChI=1S/C16H20F3NO5/c1-3-24-12-8-6-10(9-13(12)25-4-2)5-7-11(14(21)22)20-15(23)16(17,18)19/h6,8-9,11H,3-5,7H2,1-2H3,(H,20,23)(H,21,22). The molecule has 9 heteroatoms. The number of carbonyl (C=O) groups is 2. The minimum atomic E-state index is -5.13. The average Bonchev–Trinajstić information content (AvgIpc) is 2.52. The molecule has 0 saturated heterocycles. The van der Waals surface area contributed by atoms with Gasteiger partial charge in [0, 0.05) is 0 Å². The Balaban J connectivity index is 2.80. The van der Waals surface area contributed by atoms with Gasteiger partial charge in [0.25, 0.3) is 0 Å². The monoisotopic (exact) mass is 363 g/mol. The predicted octanol–water partition coefficient (Wildman–Crippen LogP) is 2.55. The van der Waals surface area contributed by atoms with Gasteiger partial charge in [0.15, 0.2) is 11.5 Å². The number of nitrogens with one attached hydrogen (secondary N) is 1. The van der Waals surface area contributed by atoms with Crippen molar-refractivity contribution in [3.05, 3.63) is 23.8 Å². The molecule has 0 saturated carbocycles. The largest absolute Gasteiger partial charge is 0.490 e. The number of halogens is 3. The fourth-order valence-corrected chi connectivity index (χ4v) is 2.06. The van der Waals surface area contributed by atoms with Crippen molar-refractivity contribution in [3.63, 3.8) is 0 Å². The second-order valence-corrected chi connectivity index (χ2v) is 5.05. The fourth-order valence-electron chi connectivity index (χ4n) is 2.06. The summed E-state index contributed by atoms with van der Waals surface area (Å²) in [5.74, 6) is -2.82. The van der Waals surface area contributed by atoms with Crippen LogP contribution in [0, 0.1) is 0 Å². The van der Waals surface area contributed by atoms with Crippen molar-refractivity contribution in [2.75, 3.05) is 13.2 Å². The number of benzene rings is 1. The van der Waals surface area contributed by atoms with Crippen LogP contribution >= 0.6 is 0 Å². The smallest absolute Gasteiger partial charge is 0.471 e. The van der Waals surface area contributed by atoms with Crippen LogP contribution in [0.25, 0.3) is 0 Å². The van der Waals surface area contributed by atoms with E-state index < -0.39 is 24.1 Å². The molecule has 0 radical (unpaired) electrons. The van der Waals surface area contributed by atoms with E-state index >= 15 is 0 Å². The number of hydrogen-bond acceptors (Lipinski definition) is 4. The molecule has 0 spiro atoms. The minimum absolute atomic E-state index is 0.140. The zero-order valence-electron chi connectivity index (χ0n) is 13.9. The normalized spacial score (nSPS) is 12.4. The fraction of sp³-hybridized carbons (Fsp3) is 0.500. The van der Waals surface area contributed by atoms with Gasteiger partial charge in [0.05, 0.1) is 13.2 Å². The highest BCUT2D eigenvalue weighted by molar-refractivity contribution is 5.86. The summed E-state index contributed by atoms with van der Waals surface area (Å²) in [5, 5.41) is 10.5. The van der Waals surface area contributed by atoms with Gasteiger partial charge in [-0.2, -0.15) is 13.2 Å². The molecule has 0 aliphatic rings. The second kappa shape index (κ2) is 9.14. The molecule has 0 aliphatic heterocycles. The average molecular weight is 363 g/mol. The van der Waals surface area contributed by atoms with Crippen LogP contribution in [0.5, 0.6) is 11.5 Å². The number of carbonyl (C=O) groups excluding carboxylic acids is 1. The number of carboxylic acid groups (broad SMARTS) is 1. The Bertz CT molecular complexity index is 604. The highest BCUT2D eigenvalue weighted by Gasteiger charge is 2.40. The Hall–Kier alpha value is -2.45. The third-order valence-electron chi connectivity index (χ3n) is 3.19. The van der Waals surface area contributed by atoms with Crippen molar-refractivity contribution >= 4 is 11.9 Å². The quantitative estimate of drug-likeness (QED) is 0.704. The first-order valence-electron chi connectivity index (χ1n) is 7.68. The molecule has 1 aromatic carbocycles. The molecule has 1 aromatic rings. The summed E-state index contributed by atoms with van der Waals surface area (Å²) >= 11 is 0. The zero-order chi connectivity index (χ0) is 19.0. The first-order valence-corrected chi connectivity index (χ1v) is 7.68. The number of aliphatic carboxylic acids is 1. The van der Waals surface area contributed by atoms with Crippen LogP contribution in [0.4, 0.5) is 13.2 Å². The number of hydrogen-bond donors (Lipinski definition) is 2. The Labute approximate surface area is 142 Å². The maximum atomic E-state index is 12.3. The van der Waals surface area contributed by atoms with Crippen LogP contribution in [0.15, 0.2) is 18.2 Å². The second-order valence-electron chi connectivity index (χ2n) is 5.05. The van der Waals surface area contributed by atoms with E-state index in [1.807, 2.05) is 6.92 Å². The van der Waals surface area contributed by atoms with E-state index in [9.17, 15) is 22.8 Å². The van der Waals surface area contributed by atoms with Gasteiger partial charge in [0.2, 0.25) is 0 Å². The summed E-state index contributed by atoms with van der Waals surface area (Å²) in [5.41, 5.74) is 0.652. The summed E-state index contributed by atoms with van der Waals surface area (Å²) in [6.45, 7) is 4.42. The van der Waals surface area contributed by atoms with E-state index in [1.165, 1.54) is 5.32 Å². The van der Waals surface area contributed by atoms with Crippen LogP contribution in [0.1, 0.15) is 25.8 Å². The molecular formula is C16H20F3NO5. The third-order valence-corrected chi connectivity index (χ3v) is 3.19. The number of aryl methyl sites for hydroxylation is 1. The molecule has 6 nitrogen and oxygen atoms in total. The molecule has 25 heavy (non-hydrogen) atoms. The molecule has 0 aromatic heterocycles. The van der Waals surface area contributed by atoms with Crippen molar-refractivity contribution in [1.82, 2.24) is 5.32 Å². The van der Waals surface area contributed by atoms with Crippen LogP contribution in [0.2, 0.25) is 0 Å². The Morgan fingerprint density at radius 3 is 2.28 bits per heavy atom. The van der Waals surface area contributed by atoms with Gasteiger partial charge >= 0.3 is 18.1 Å². The van der Waals surface area contributed by atoms with Gasteiger partial charge in [0.1, 0.15) is 6.04 Å². The highest BCUT2D eigenvalue weighted by atomic mass is 19.4. The van der Waals surface area contributed by atoms with Crippen molar-refractivity contribution in [2.24, 2.45) is 0 Å². The molecule has 1 atom stereocenters. The number of ether oxygens (including phenoxy) is 2. The molecule has 0 fully saturated rings. The van der Waals surface area contributed by atoms with Gasteiger partial charge in [-0.3, -0.25) is 4.79 Å². The Morgan fingerprint density at radius 1 is 1.16 bits per heavy atom. The van der Waals surface area contributed by atoms with Gasteiger partial charge in [-0.05, 0) is 44.4 Å². The Kier molecular flexibility index (Phi) is 7.53. The molecule has 1 unspecified atom stereocenters. The lowest BCUT2D eigenvalue weighted by molar-refractivity contribution is -0.175. The van der Waals surface area contributed by atoms with E-state index in [1.54, 1.807) is 25.1 Å². The van der Waals surface area contributed by atoms with Gasteiger partial charge in [-0.1, -0.05) is 6.07 Å². The molecule has 0 aliphatic carbocycles. The van der Waals surface area contributed by atoms with Crippen molar-refractivity contribution in [2.45, 2.75) is 38.9 Å². The predicted molar refractivity (Wildman–Crippen MR) is 82.7 cm³/mol. The van der Waals surface area contributed by atoms with Crippen LogP contribution < -0.4 is 14.8 Å². The highest BCUT2D eigenvalue weighted by Crippen LogP contribution is 2.29. The Morgan fingerprint density at radius 2 is 1.76 bits per heavy atom. The summed E-state index contributed by atoms with van der Waals surface area (Å²) in [6, 6.07) is 3.31. The number of carboxylic acids is 1. The maximum absolute atomic E-state index is 12.3. The molecule has 2 N–H and O–H groups in total.